The van der Waals surface area contributed by atoms with Gasteiger partial charge in [0.15, 0.2) is 0 Å². The number of nitrogens with zero attached hydrogens (tertiary/aromatic N) is 3. The molecule has 5 heteroatoms. The summed E-state index contributed by atoms with van der Waals surface area (Å²) in [6.07, 6.45) is 2.44. The van der Waals surface area contributed by atoms with Crippen LogP contribution in [0.25, 0.3) is 0 Å². The molecule has 19 heavy (non-hydrogen) atoms. The van der Waals surface area contributed by atoms with Gasteiger partial charge in [-0.05, 0) is 37.4 Å². The van der Waals surface area contributed by atoms with Crippen LogP contribution in [0.5, 0.6) is 0 Å². The summed E-state index contributed by atoms with van der Waals surface area (Å²) in [5.74, 6) is 0. The first-order chi connectivity index (χ1) is 9.25. The molecule has 3 rings (SSSR count). The highest BCUT2D eigenvalue weighted by atomic mass is 35.5. The predicted octanol–water partition coefficient (Wildman–Crippen LogP) is 3.84. The SMILES string of the molecule is Cc1ccccc1[C@H]1CCCN1Cc1nnsc1Cl. The van der Waals surface area contributed by atoms with Gasteiger partial charge >= 0.3 is 0 Å². The van der Waals surface area contributed by atoms with Crippen LogP contribution in [0.15, 0.2) is 24.3 Å². The zero-order valence-electron chi connectivity index (χ0n) is 10.8. The largest absolute Gasteiger partial charge is 0.290 e. The summed E-state index contributed by atoms with van der Waals surface area (Å²) >= 11 is 7.38. The van der Waals surface area contributed by atoms with Crippen molar-refractivity contribution in [2.24, 2.45) is 0 Å². The van der Waals surface area contributed by atoms with Gasteiger partial charge in [-0.25, -0.2) is 0 Å². The van der Waals surface area contributed by atoms with Crippen molar-refractivity contribution in [1.82, 2.24) is 14.5 Å². The number of benzene rings is 1. The van der Waals surface area contributed by atoms with Crippen LogP contribution in [0.1, 0.15) is 35.7 Å². The van der Waals surface area contributed by atoms with Gasteiger partial charge in [-0.3, -0.25) is 4.90 Å². The fraction of sp³-hybridized carbons (Fsp3) is 0.429. The van der Waals surface area contributed by atoms with Crippen LogP contribution in [-0.2, 0) is 6.54 Å². The molecule has 0 amide bonds. The summed E-state index contributed by atoms with van der Waals surface area (Å²) in [6.45, 7) is 4.09. The monoisotopic (exact) mass is 293 g/mol. The third kappa shape index (κ3) is 2.66. The molecule has 1 saturated heterocycles. The van der Waals surface area contributed by atoms with Crippen molar-refractivity contribution < 1.29 is 0 Å². The quantitative estimate of drug-likeness (QED) is 0.861. The fourth-order valence-corrected chi connectivity index (χ4v) is 3.42. The maximum atomic E-state index is 6.11. The Morgan fingerprint density at radius 2 is 2.26 bits per heavy atom. The van der Waals surface area contributed by atoms with Gasteiger partial charge in [0.2, 0.25) is 0 Å². The highest BCUT2D eigenvalue weighted by Gasteiger charge is 2.28. The summed E-state index contributed by atoms with van der Waals surface area (Å²) < 4.78 is 4.63. The first-order valence-electron chi connectivity index (χ1n) is 6.52. The molecule has 0 saturated carbocycles. The van der Waals surface area contributed by atoms with Crippen molar-refractivity contribution in [3.63, 3.8) is 0 Å². The molecule has 0 unspecified atom stereocenters. The summed E-state index contributed by atoms with van der Waals surface area (Å²) in [5, 5.41) is 4.12. The maximum absolute atomic E-state index is 6.11. The Labute approximate surface area is 122 Å². The number of aromatic nitrogens is 2. The van der Waals surface area contributed by atoms with Crippen LogP contribution in [0, 0.1) is 6.92 Å². The van der Waals surface area contributed by atoms with Crippen LogP contribution in [-0.4, -0.2) is 21.0 Å². The highest BCUT2D eigenvalue weighted by molar-refractivity contribution is 7.10. The number of halogens is 1. The zero-order valence-corrected chi connectivity index (χ0v) is 12.4. The molecule has 0 aliphatic carbocycles. The molecule has 0 bridgehead atoms. The predicted molar refractivity (Wildman–Crippen MR) is 78.5 cm³/mol. The van der Waals surface area contributed by atoms with Crippen molar-refractivity contribution in [2.45, 2.75) is 32.4 Å². The van der Waals surface area contributed by atoms with E-state index in [2.05, 4.69) is 45.7 Å². The minimum absolute atomic E-state index is 0.485. The number of hydrogen-bond acceptors (Lipinski definition) is 4. The Morgan fingerprint density at radius 3 is 3.00 bits per heavy atom. The van der Waals surface area contributed by atoms with E-state index in [0.29, 0.717) is 6.04 Å². The molecule has 0 N–H and O–H groups in total. The van der Waals surface area contributed by atoms with Crippen molar-refractivity contribution in [2.75, 3.05) is 6.54 Å². The lowest BCUT2D eigenvalue weighted by molar-refractivity contribution is 0.245. The van der Waals surface area contributed by atoms with E-state index in [9.17, 15) is 0 Å². The fourth-order valence-electron chi connectivity index (χ4n) is 2.81. The van der Waals surface area contributed by atoms with E-state index in [1.807, 2.05) is 0 Å². The molecule has 0 spiro atoms. The summed E-state index contributed by atoms with van der Waals surface area (Å²) in [4.78, 5) is 2.46. The van der Waals surface area contributed by atoms with Gasteiger partial charge in [-0.15, -0.1) is 5.10 Å². The molecular weight excluding hydrogens is 278 g/mol. The molecule has 0 radical (unpaired) electrons. The van der Waals surface area contributed by atoms with Crippen molar-refractivity contribution in [3.8, 4) is 0 Å². The Bertz CT molecular complexity index is 569. The number of likely N-dealkylation sites (tertiary alicyclic amines) is 1. The van der Waals surface area contributed by atoms with E-state index in [-0.39, 0.29) is 0 Å². The van der Waals surface area contributed by atoms with E-state index in [0.717, 1.165) is 23.1 Å². The second-order valence-corrected chi connectivity index (χ2v) is 6.33. The van der Waals surface area contributed by atoms with Gasteiger partial charge in [0.1, 0.15) is 10.0 Å². The lowest BCUT2D eigenvalue weighted by Gasteiger charge is -2.25. The van der Waals surface area contributed by atoms with Crippen LogP contribution >= 0.6 is 23.1 Å². The number of rotatable bonds is 3. The lowest BCUT2D eigenvalue weighted by atomic mass is 9.99. The van der Waals surface area contributed by atoms with Crippen LogP contribution in [0.2, 0.25) is 4.34 Å². The van der Waals surface area contributed by atoms with Gasteiger partial charge < -0.3 is 0 Å². The minimum Gasteiger partial charge on any atom is -0.290 e. The normalized spacial score (nSPS) is 20.0. The Morgan fingerprint density at radius 1 is 1.42 bits per heavy atom. The van der Waals surface area contributed by atoms with E-state index >= 15 is 0 Å². The number of hydrogen-bond donors (Lipinski definition) is 0. The Kier molecular flexibility index (Phi) is 3.82. The second-order valence-electron chi connectivity index (χ2n) is 4.98. The standard InChI is InChI=1S/C14H16ClN3S/c1-10-5-2-3-6-11(10)13-7-4-8-18(13)9-12-14(15)19-17-16-12/h2-3,5-6,13H,4,7-9H2,1H3/t13-/m1/s1. The van der Waals surface area contributed by atoms with Gasteiger partial charge in [0.25, 0.3) is 0 Å². The molecule has 1 fully saturated rings. The smallest absolute Gasteiger partial charge is 0.138 e. The summed E-state index contributed by atoms with van der Waals surface area (Å²) in [5.41, 5.74) is 3.70. The molecule has 2 aromatic rings. The molecule has 1 aliphatic heterocycles. The average molecular weight is 294 g/mol. The van der Waals surface area contributed by atoms with E-state index < -0.39 is 0 Å². The second kappa shape index (κ2) is 5.57. The van der Waals surface area contributed by atoms with Crippen molar-refractivity contribution in [1.29, 1.82) is 0 Å². The first-order valence-corrected chi connectivity index (χ1v) is 7.67. The Hall–Kier alpha value is -0.970. The first kappa shape index (κ1) is 13.0. The summed E-state index contributed by atoms with van der Waals surface area (Å²) in [6, 6.07) is 9.12. The molecular formula is C14H16ClN3S. The van der Waals surface area contributed by atoms with E-state index in [1.54, 1.807) is 0 Å². The van der Waals surface area contributed by atoms with Gasteiger partial charge in [-0.1, -0.05) is 40.4 Å². The van der Waals surface area contributed by atoms with Gasteiger partial charge in [0, 0.05) is 24.1 Å². The molecule has 1 atom stereocenters. The van der Waals surface area contributed by atoms with E-state index in [4.69, 9.17) is 11.6 Å². The lowest BCUT2D eigenvalue weighted by Crippen LogP contribution is -2.23. The average Bonchev–Trinajstić information content (AvgIpc) is 3.01. The Balaban J connectivity index is 1.82. The number of aryl methyl sites for hydroxylation is 1. The molecule has 3 nitrogen and oxygen atoms in total. The third-order valence-electron chi connectivity index (χ3n) is 3.77. The van der Waals surface area contributed by atoms with Crippen molar-refractivity contribution in [3.05, 3.63) is 45.4 Å². The minimum atomic E-state index is 0.485. The third-order valence-corrected chi connectivity index (χ3v) is 4.76. The highest BCUT2D eigenvalue weighted by Crippen LogP contribution is 2.35. The van der Waals surface area contributed by atoms with Crippen LogP contribution < -0.4 is 0 Å². The molecule has 2 heterocycles. The zero-order chi connectivity index (χ0) is 13.2. The topological polar surface area (TPSA) is 29.0 Å². The molecule has 1 aliphatic rings. The van der Waals surface area contributed by atoms with Crippen LogP contribution in [0.4, 0.5) is 0 Å². The van der Waals surface area contributed by atoms with Crippen LogP contribution in [0.3, 0.4) is 0 Å². The van der Waals surface area contributed by atoms with E-state index in [1.165, 1.54) is 35.5 Å². The molecule has 1 aromatic heterocycles. The summed E-state index contributed by atoms with van der Waals surface area (Å²) in [7, 11) is 0. The van der Waals surface area contributed by atoms with Gasteiger partial charge in [0.05, 0.1) is 0 Å². The molecule has 1 aromatic carbocycles. The van der Waals surface area contributed by atoms with Crippen molar-refractivity contribution >= 4 is 23.1 Å². The molecule has 100 valence electrons. The maximum Gasteiger partial charge on any atom is 0.138 e. The van der Waals surface area contributed by atoms with Gasteiger partial charge in [-0.2, -0.15) is 0 Å².